The number of nitrogens with zero attached hydrogens (tertiary/aromatic N) is 3. The van der Waals surface area contributed by atoms with Gasteiger partial charge in [-0.15, -0.1) is 0 Å². The number of quaternary nitrogens is 1. The molecular formula is C24H30N3O4+. The van der Waals surface area contributed by atoms with Crippen LogP contribution in [0.4, 0.5) is 10.5 Å². The molecular weight excluding hydrogens is 394 g/mol. The number of likely N-dealkylation sites (N-methyl/N-ethyl adjacent to an activating group) is 1. The molecule has 1 unspecified atom stereocenters. The summed E-state index contributed by atoms with van der Waals surface area (Å²) < 4.78 is 6.00. The van der Waals surface area contributed by atoms with Crippen LogP contribution in [0.25, 0.3) is 0 Å². The highest BCUT2D eigenvalue weighted by atomic mass is 16.5. The number of hydrogen-bond acceptors (Lipinski definition) is 4. The van der Waals surface area contributed by atoms with Gasteiger partial charge in [-0.25, -0.2) is 14.5 Å². The van der Waals surface area contributed by atoms with Gasteiger partial charge in [-0.3, -0.25) is 9.69 Å². The van der Waals surface area contributed by atoms with Crippen LogP contribution in [0.3, 0.4) is 0 Å². The third-order valence-electron chi connectivity index (χ3n) is 6.18. The van der Waals surface area contributed by atoms with E-state index in [1.54, 1.807) is 12.1 Å². The van der Waals surface area contributed by atoms with Crippen molar-refractivity contribution < 1.29 is 23.6 Å². The molecule has 1 fully saturated rings. The molecule has 1 aliphatic rings. The van der Waals surface area contributed by atoms with Crippen molar-refractivity contribution in [3.8, 4) is 0 Å². The molecule has 1 aliphatic heterocycles. The van der Waals surface area contributed by atoms with E-state index in [0.717, 1.165) is 24.5 Å². The van der Waals surface area contributed by atoms with Crippen LogP contribution >= 0.6 is 0 Å². The number of carbonyl (C=O) groups is 3. The predicted octanol–water partition coefficient (Wildman–Crippen LogP) is 3.57. The first-order valence-electron chi connectivity index (χ1n) is 10.7. The number of anilines is 1. The van der Waals surface area contributed by atoms with Crippen molar-refractivity contribution in [2.45, 2.75) is 26.8 Å². The first-order chi connectivity index (χ1) is 15.0. The molecule has 1 atom stereocenters. The van der Waals surface area contributed by atoms with Crippen LogP contribution in [-0.4, -0.2) is 60.2 Å². The average molecular weight is 425 g/mol. The third kappa shape index (κ3) is 4.61. The second kappa shape index (κ2) is 9.75. The monoisotopic (exact) mass is 424 g/mol. The molecule has 7 nitrogen and oxygen atoms in total. The molecule has 2 aromatic carbocycles. The van der Waals surface area contributed by atoms with Crippen molar-refractivity contribution in [1.29, 1.82) is 0 Å². The summed E-state index contributed by atoms with van der Waals surface area (Å²) in [5.74, 6) is -0.823. The zero-order chi connectivity index (χ0) is 22.4. The van der Waals surface area contributed by atoms with E-state index in [0.29, 0.717) is 15.7 Å². The minimum absolute atomic E-state index is 0.213. The quantitative estimate of drug-likeness (QED) is 0.351. The van der Waals surface area contributed by atoms with E-state index in [1.165, 1.54) is 4.90 Å². The maximum absolute atomic E-state index is 13.2. The van der Waals surface area contributed by atoms with Gasteiger partial charge in [0.15, 0.2) is 13.3 Å². The lowest BCUT2D eigenvalue weighted by molar-refractivity contribution is -0.916. The van der Waals surface area contributed by atoms with Crippen LogP contribution in [-0.2, 0) is 14.3 Å². The molecule has 0 radical (unpaired) electrons. The minimum atomic E-state index is -0.799. The zero-order valence-corrected chi connectivity index (χ0v) is 18.4. The molecule has 2 aromatic rings. The molecule has 0 aromatic heterocycles. The van der Waals surface area contributed by atoms with E-state index in [1.807, 2.05) is 69.3 Å². The van der Waals surface area contributed by atoms with E-state index in [9.17, 15) is 14.4 Å². The van der Waals surface area contributed by atoms with Crippen LogP contribution in [0, 0.1) is 0 Å². The number of hydrogen-bond donors (Lipinski definition) is 0. The number of imide groups is 1. The highest BCUT2D eigenvalue weighted by molar-refractivity contribution is 6.14. The number of ether oxygens (including phenoxy) is 1. The Morgan fingerprint density at radius 3 is 2.00 bits per heavy atom. The molecule has 0 N–H and O–H groups in total. The fraction of sp³-hybridized carbons (Fsp3) is 0.375. The van der Waals surface area contributed by atoms with Crippen molar-refractivity contribution in [2.75, 3.05) is 37.8 Å². The second-order valence-electron chi connectivity index (χ2n) is 7.66. The van der Waals surface area contributed by atoms with Gasteiger partial charge in [0.25, 0.3) is 5.91 Å². The van der Waals surface area contributed by atoms with Crippen LogP contribution < -0.4 is 4.90 Å². The maximum atomic E-state index is 13.2. The number of esters is 1. The zero-order valence-electron chi connectivity index (χ0n) is 18.4. The number of carbonyl (C=O) groups excluding carboxylic acids is 3. The fourth-order valence-electron chi connectivity index (χ4n) is 3.95. The van der Waals surface area contributed by atoms with Gasteiger partial charge in [0.05, 0.1) is 19.6 Å². The van der Waals surface area contributed by atoms with E-state index < -0.39 is 23.9 Å². The molecule has 164 valence electrons. The smallest absolute Gasteiger partial charge is 0.363 e. The average Bonchev–Trinajstić information content (AvgIpc) is 3.06. The van der Waals surface area contributed by atoms with Crippen molar-refractivity contribution in [3.63, 3.8) is 0 Å². The molecule has 0 bridgehead atoms. The first kappa shape index (κ1) is 22.5. The predicted molar refractivity (Wildman–Crippen MR) is 118 cm³/mol. The molecule has 1 saturated heterocycles. The van der Waals surface area contributed by atoms with E-state index in [4.69, 9.17) is 4.74 Å². The number of rotatable bonds is 9. The van der Waals surface area contributed by atoms with Gasteiger partial charge in [0.2, 0.25) is 0 Å². The van der Waals surface area contributed by atoms with Crippen molar-refractivity contribution in [3.05, 3.63) is 66.2 Å². The number of amides is 3. The summed E-state index contributed by atoms with van der Waals surface area (Å²) in [4.78, 5) is 41.4. The first-order valence-corrected chi connectivity index (χ1v) is 10.7. The van der Waals surface area contributed by atoms with Gasteiger partial charge in [0.1, 0.15) is 6.04 Å². The Morgan fingerprint density at radius 1 is 0.903 bits per heavy atom. The van der Waals surface area contributed by atoms with E-state index in [-0.39, 0.29) is 13.3 Å². The second-order valence-corrected chi connectivity index (χ2v) is 7.66. The summed E-state index contributed by atoms with van der Waals surface area (Å²) >= 11 is 0. The highest BCUT2D eigenvalue weighted by Crippen LogP contribution is 2.35. The molecule has 3 rings (SSSR count). The third-order valence-corrected chi connectivity index (χ3v) is 6.18. The Kier molecular flexibility index (Phi) is 7.07. The van der Waals surface area contributed by atoms with Crippen LogP contribution in [0.2, 0.25) is 0 Å². The lowest BCUT2D eigenvalue weighted by atomic mass is 10.1. The summed E-state index contributed by atoms with van der Waals surface area (Å²) in [7, 11) is 0. The number of benzene rings is 2. The normalized spacial score (nSPS) is 16.7. The van der Waals surface area contributed by atoms with Gasteiger partial charge >= 0.3 is 12.0 Å². The summed E-state index contributed by atoms with van der Waals surface area (Å²) in [5, 5.41) is 0. The van der Waals surface area contributed by atoms with Gasteiger partial charge in [-0.1, -0.05) is 48.5 Å². The lowest BCUT2D eigenvalue weighted by Crippen LogP contribution is -2.51. The maximum Gasteiger partial charge on any atom is 0.363 e. The lowest BCUT2D eigenvalue weighted by Gasteiger charge is -2.34. The summed E-state index contributed by atoms with van der Waals surface area (Å²) in [5.41, 5.74) is 1.32. The highest BCUT2D eigenvalue weighted by Gasteiger charge is 2.47. The van der Waals surface area contributed by atoms with Gasteiger partial charge in [-0.2, -0.15) is 0 Å². The summed E-state index contributed by atoms with van der Waals surface area (Å²) in [6, 6.07) is 16.9. The Labute approximate surface area is 183 Å². The van der Waals surface area contributed by atoms with Crippen molar-refractivity contribution in [2.24, 2.45) is 0 Å². The molecule has 7 heteroatoms. The standard InChI is InChI=1S/C24H30N3O4/c1-4-27(5-2,6-3)17-21(28)31-18-25-23(29)22(19-13-9-7-10-14-19)26(24(25)30)20-15-11-8-12-16-20/h7-16,22H,4-6,17-18H2,1-3H3/q+1. The van der Waals surface area contributed by atoms with Crippen LogP contribution in [0.15, 0.2) is 60.7 Å². The molecule has 0 saturated carbocycles. The van der Waals surface area contributed by atoms with Crippen molar-refractivity contribution >= 4 is 23.6 Å². The summed E-state index contributed by atoms with van der Waals surface area (Å²) in [6.07, 6.45) is 0. The fourth-order valence-corrected chi connectivity index (χ4v) is 3.95. The Morgan fingerprint density at radius 2 is 1.45 bits per heavy atom. The Hall–Kier alpha value is -3.19. The molecule has 1 heterocycles. The van der Waals surface area contributed by atoms with Crippen LogP contribution in [0.5, 0.6) is 0 Å². The van der Waals surface area contributed by atoms with E-state index in [2.05, 4.69) is 0 Å². The molecule has 31 heavy (non-hydrogen) atoms. The Bertz CT molecular complexity index is 847. The van der Waals surface area contributed by atoms with E-state index >= 15 is 0 Å². The number of urea groups is 1. The number of para-hydroxylation sites is 1. The van der Waals surface area contributed by atoms with Gasteiger partial charge in [0, 0.05) is 5.69 Å². The van der Waals surface area contributed by atoms with Crippen molar-refractivity contribution in [1.82, 2.24) is 4.90 Å². The molecule has 3 amide bonds. The topological polar surface area (TPSA) is 66.9 Å². The SMILES string of the molecule is CC[N+](CC)(CC)CC(=O)OCN1C(=O)C(c2ccccc2)N(c2ccccc2)C1=O. The van der Waals surface area contributed by atoms with Gasteiger partial charge in [-0.05, 0) is 38.5 Å². The molecule has 0 spiro atoms. The Balaban J connectivity index is 1.81. The minimum Gasteiger partial charge on any atom is -0.439 e. The summed E-state index contributed by atoms with van der Waals surface area (Å²) in [6.45, 7) is 8.36. The van der Waals surface area contributed by atoms with Gasteiger partial charge < -0.3 is 9.22 Å². The largest absolute Gasteiger partial charge is 0.439 e. The molecule has 0 aliphatic carbocycles. The van der Waals surface area contributed by atoms with Crippen LogP contribution in [0.1, 0.15) is 32.4 Å².